The van der Waals surface area contributed by atoms with Crippen LogP contribution in [0.15, 0.2) is 42.5 Å². The largest absolute Gasteiger partial charge is 0.416 e. The van der Waals surface area contributed by atoms with Crippen LogP contribution < -0.4 is 10.6 Å². The zero-order valence-electron chi connectivity index (χ0n) is 13.0. The molecular weight excluding hydrogens is 384 g/mol. The Bertz CT molecular complexity index is 880. The van der Waals surface area contributed by atoms with Crippen molar-refractivity contribution in [2.24, 2.45) is 0 Å². The van der Waals surface area contributed by atoms with E-state index in [2.05, 4.69) is 0 Å². The molecule has 2 aromatic carbocycles. The smallest absolute Gasteiger partial charge is 0.308 e. The highest BCUT2D eigenvalue weighted by molar-refractivity contribution is 6.00. The molecule has 2 aromatic rings. The van der Waals surface area contributed by atoms with Gasteiger partial charge in [-0.3, -0.25) is 10.1 Å². The lowest BCUT2D eigenvalue weighted by Crippen LogP contribution is -2.20. The van der Waals surface area contributed by atoms with Crippen molar-refractivity contribution in [3.8, 4) is 0 Å². The van der Waals surface area contributed by atoms with Crippen LogP contribution >= 0.6 is 0 Å². The Morgan fingerprint density at radius 3 is 1.96 bits per heavy atom. The Morgan fingerprint density at radius 2 is 1.41 bits per heavy atom. The summed E-state index contributed by atoms with van der Waals surface area (Å²) in [6.07, 6.45) is -9.56. The normalized spacial score (nSPS) is 11.8. The number of hydrogen-bond acceptors (Lipinski definition) is 3. The molecule has 0 aliphatic carbocycles. The summed E-state index contributed by atoms with van der Waals surface area (Å²) >= 11 is 0. The Labute approximate surface area is 146 Å². The van der Waals surface area contributed by atoms with Crippen LogP contribution in [-0.4, -0.2) is 11.0 Å². The first-order valence-corrected chi connectivity index (χ1v) is 6.98. The number of carbonyl (C=O) groups excluding carboxylic acids is 1. The van der Waals surface area contributed by atoms with Crippen molar-refractivity contribution in [1.29, 1.82) is 0 Å². The van der Waals surface area contributed by atoms with Gasteiger partial charge in [-0.25, -0.2) is 4.79 Å². The number of rotatable bonds is 3. The predicted molar refractivity (Wildman–Crippen MR) is 82.2 cm³/mol. The molecule has 0 fully saturated rings. The van der Waals surface area contributed by atoms with Gasteiger partial charge in [-0.2, -0.15) is 26.3 Å². The summed E-state index contributed by atoms with van der Waals surface area (Å²) in [6, 6.07) is 3.78. The number of carbonyl (C=O) groups is 1. The molecule has 0 aliphatic heterocycles. The van der Waals surface area contributed by atoms with E-state index in [9.17, 15) is 41.3 Å². The Balaban J connectivity index is 2.23. The summed E-state index contributed by atoms with van der Waals surface area (Å²) in [6.45, 7) is 0. The number of non-ortho nitro benzene ring substituents is 1. The van der Waals surface area contributed by atoms with Gasteiger partial charge in [0.05, 0.1) is 16.1 Å². The Morgan fingerprint density at radius 1 is 0.852 bits per heavy atom. The minimum Gasteiger partial charge on any atom is -0.308 e. The maximum Gasteiger partial charge on any atom is 0.416 e. The van der Waals surface area contributed by atoms with Crippen molar-refractivity contribution in [2.45, 2.75) is 12.4 Å². The third-order valence-electron chi connectivity index (χ3n) is 3.16. The van der Waals surface area contributed by atoms with Crippen LogP contribution in [0, 0.1) is 10.1 Å². The average Bonchev–Trinajstić information content (AvgIpc) is 2.53. The van der Waals surface area contributed by atoms with E-state index in [1.807, 2.05) is 10.6 Å². The van der Waals surface area contributed by atoms with Crippen LogP contribution in [-0.2, 0) is 12.4 Å². The number of anilines is 2. The minimum atomic E-state index is -4.90. The molecule has 27 heavy (non-hydrogen) atoms. The molecule has 144 valence electrons. The molecule has 0 aliphatic rings. The molecule has 0 atom stereocenters. The third-order valence-corrected chi connectivity index (χ3v) is 3.16. The number of alkyl halides is 6. The van der Waals surface area contributed by atoms with E-state index < -0.39 is 45.8 Å². The zero-order valence-corrected chi connectivity index (χ0v) is 13.0. The molecule has 0 saturated heterocycles. The van der Waals surface area contributed by atoms with Gasteiger partial charge in [-0.15, -0.1) is 0 Å². The average molecular weight is 393 g/mol. The van der Waals surface area contributed by atoms with Crippen molar-refractivity contribution in [2.75, 3.05) is 10.6 Å². The summed E-state index contributed by atoms with van der Waals surface area (Å²) in [5.74, 6) is 0. The topological polar surface area (TPSA) is 84.3 Å². The Kier molecular flexibility index (Phi) is 5.28. The van der Waals surface area contributed by atoms with Crippen LogP contribution in [0.3, 0.4) is 0 Å². The van der Waals surface area contributed by atoms with Crippen molar-refractivity contribution in [3.63, 3.8) is 0 Å². The highest BCUT2D eigenvalue weighted by Crippen LogP contribution is 2.34. The number of hydrogen-bond donors (Lipinski definition) is 2. The monoisotopic (exact) mass is 393 g/mol. The lowest BCUT2D eigenvalue weighted by molar-refractivity contribution is -0.385. The van der Waals surface area contributed by atoms with Gasteiger partial charge in [0.25, 0.3) is 5.69 Å². The molecule has 2 N–H and O–H groups in total. The molecule has 0 unspecified atom stereocenters. The van der Waals surface area contributed by atoms with E-state index in [0.29, 0.717) is 18.2 Å². The van der Waals surface area contributed by atoms with Crippen LogP contribution in [0.5, 0.6) is 0 Å². The molecule has 12 heteroatoms. The molecule has 0 saturated carbocycles. The number of urea groups is 1. The summed E-state index contributed by atoms with van der Waals surface area (Å²) in [4.78, 5) is 21.5. The fraction of sp³-hybridized carbons (Fsp3) is 0.133. The summed E-state index contributed by atoms with van der Waals surface area (Å²) in [7, 11) is 0. The molecule has 0 spiro atoms. The second kappa shape index (κ2) is 7.13. The van der Waals surface area contributed by atoms with E-state index in [4.69, 9.17) is 0 Å². The summed E-state index contributed by atoms with van der Waals surface area (Å²) in [5.41, 5.74) is -4.16. The first-order chi connectivity index (χ1) is 12.4. The summed E-state index contributed by atoms with van der Waals surface area (Å²) in [5, 5.41) is 14.7. The fourth-order valence-electron chi connectivity index (χ4n) is 2.02. The van der Waals surface area contributed by atoms with Gasteiger partial charge in [0, 0.05) is 23.5 Å². The first kappa shape index (κ1) is 20.0. The highest BCUT2D eigenvalue weighted by atomic mass is 19.4. The van der Waals surface area contributed by atoms with E-state index in [1.54, 1.807) is 0 Å². The third kappa shape index (κ3) is 5.33. The Hall–Kier alpha value is -3.31. The number of nitro benzene ring substituents is 1. The number of nitro groups is 1. The molecular formula is C15H9F6N3O3. The van der Waals surface area contributed by atoms with E-state index in [0.717, 1.165) is 18.2 Å². The van der Waals surface area contributed by atoms with Crippen LogP contribution in [0.4, 0.5) is 48.2 Å². The van der Waals surface area contributed by atoms with E-state index in [-0.39, 0.29) is 11.8 Å². The molecule has 0 aromatic heterocycles. The zero-order chi connectivity index (χ0) is 20.4. The van der Waals surface area contributed by atoms with Crippen LogP contribution in [0.1, 0.15) is 11.1 Å². The number of benzene rings is 2. The second-order valence-electron chi connectivity index (χ2n) is 5.18. The quantitative estimate of drug-likeness (QED) is 0.423. The minimum absolute atomic E-state index is 0.274. The molecule has 6 nitrogen and oxygen atoms in total. The SMILES string of the molecule is O=C(Nc1cccc(C(F)(F)F)c1)Nc1cc([N+](=O)[O-])cc(C(F)(F)F)c1. The number of halogens is 6. The van der Waals surface area contributed by atoms with Crippen molar-refractivity contribution >= 4 is 23.1 Å². The van der Waals surface area contributed by atoms with Crippen molar-refractivity contribution < 1.29 is 36.1 Å². The van der Waals surface area contributed by atoms with Crippen molar-refractivity contribution in [1.82, 2.24) is 0 Å². The van der Waals surface area contributed by atoms with Gasteiger partial charge in [0.2, 0.25) is 0 Å². The van der Waals surface area contributed by atoms with Gasteiger partial charge >= 0.3 is 18.4 Å². The van der Waals surface area contributed by atoms with Crippen LogP contribution in [0.25, 0.3) is 0 Å². The van der Waals surface area contributed by atoms with Crippen molar-refractivity contribution in [3.05, 3.63) is 63.7 Å². The predicted octanol–water partition coefficient (Wildman–Crippen LogP) is 5.28. The maximum atomic E-state index is 12.8. The molecule has 0 radical (unpaired) electrons. The molecule has 2 rings (SSSR count). The van der Waals surface area contributed by atoms with E-state index >= 15 is 0 Å². The van der Waals surface area contributed by atoms with Gasteiger partial charge < -0.3 is 10.6 Å². The number of nitrogens with one attached hydrogen (secondary N) is 2. The van der Waals surface area contributed by atoms with Gasteiger partial charge in [0.15, 0.2) is 0 Å². The second-order valence-corrected chi connectivity index (χ2v) is 5.18. The van der Waals surface area contributed by atoms with Gasteiger partial charge in [0.1, 0.15) is 0 Å². The highest BCUT2D eigenvalue weighted by Gasteiger charge is 2.33. The van der Waals surface area contributed by atoms with Gasteiger partial charge in [-0.05, 0) is 24.3 Å². The van der Waals surface area contributed by atoms with E-state index in [1.165, 1.54) is 0 Å². The summed E-state index contributed by atoms with van der Waals surface area (Å²) < 4.78 is 76.3. The molecule has 0 heterocycles. The maximum absolute atomic E-state index is 12.8. The lowest BCUT2D eigenvalue weighted by atomic mass is 10.1. The lowest BCUT2D eigenvalue weighted by Gasteiger charge is -2.12. The van der Waals surface area contributed by atoms with Gasteiger partial charge in [-0.1, -0.05) is 6.07 Å². The fourth-order valence-corrected chi connectivity index (χ4v) is 2.02. The number of amides is 2. The standard InChI is InChI=1S/C15H9F6N3O3/c16-14(17,18)8-2-1-3-10(4-8)22-13(25)23-11-5-9(15(19,20)21)6-12(7-11)24(26)27/h1-7H,(H2,22,23,25). The van der Waals surface area contributed by atoms with Crippen LogP contribution in [0.2, 0.25) is 0 Å². The molecule has 0 bridgehead atoms. The first-order valence-electron chi connectivity index (χ1n) is 6.98. The molecule has 2 amide bonds. The number of nitrogens with zero attached hydrogens (tertiary/aromatic N) is 1.